The van der Waals surface area contributed by atoms with E-state index >= 15 is 0 Å². The third kappa shape index (κ3) is 3.07. The van der Waals surface area contributed by atoms with E-state index in [4.69, 9.17) is 16.3 Å². The molecule has 1 aromatic heterocycles. The first-order valence-electron chi connectivity index (χ1n) is 6.13. The highest BCUT2D eigenvalue weighted by Crippen LogP contribution is 2.27. The molecule has 94 valence electrons. The molecule has 1 aliphatic heterocycles. The molecular formula is C12H18ClN3O. The fraction of sp³-hybridized carbons (Fsp3) is 0.667. The lowest BCUT2D eigenvalue weighted by Gasteiger charge is -2.36. The van der Waals surface area contributed by atoms with Crippen LogP contribution >= 0.6 is 11.6 Å². The van der Waals surface area contributed by atoms with Crippen molar-refractivity contribution < 1.29 is 4.74 Å². The maximum Gasteiger partial charge on any atom is 0.171 e. The maximum atomic E-state index is 6.10. The highest BCUT2D eigenvalue weighted by Gasteiger charge is 2.25. The van der Waals surface area contributed by atoms with Crippen molar-refractivity contribution in [1.82, 2.24) is 9.97 Å². The lowest BCUT2D eigenvalue weighted by molar-refractivity contribution is 0.123. The van der Waals surface area contributed by atoms with Crippen LogP contribution < -0.4 is 4.90 Å². The Morgan fingerprint density at radius 1 is 1.41 bits per heavy atom. The first kappa shape index (κ1) is 12.6. The van der Waals surface area contributed by atoms with Gasteiger partial charge in [0.15, 0.2) is 11.0 Å². The summed E-state index contributed by atoms with van der Waals surface area (Å²) in [6.07, 6.45) is 6.86. The molecule has 0 amide bonds. The summed E-state index contributed by atoms with van der Waals surface area (Å²) in [6, 6.07) is 0.373. The molecule has 1 saturated heterocycles. The Bertz CT molecular complexity index is 361. The largest absolute Gasteiger partial charge is 0.380 e. The highest BCUT2D eigenvalue weighted by atomic mass is 35.5. The third-order valence-corrected chi connectivity index (χ3v) is 3.32. The van der Waals surface area contributed by atoms with Gasteiger partial charge in [-0.3, -0.25) is 0 Å². The number of piperidine rings is 1. The van der Waals surface area contributed by atoms with E-state index in [1.165, 1.54) is 12.8 Å². The maximum absolute atomic E-state index is 6.10. The number of hydrogen-bond donors (Lipinski definition) is 0. The van der Waals surface area contributed by atoms with Gasteiger partial charge >= 0.3 is 0 Å². The Kier molecular flexibility index (Phi) is 4.57. The van der Waals surface area contributed by atoms with Crippen molar-refractivity contribution in [3.63, 3.8) is 0 Å². The van der Waals surface area contributed by atoms with Crippen molar-refractivity contribution in [3.8, 4) is 0 Å². The molecule has 2 heterocycles. The molecule has 0 saturated carbocycles. The summed E-state index contributed by atoms with van der Waals surface area (Å²) in [5, 5.41) is 0.482. The number of aromatic nitrogens is 2. The quantitative estimate of drug-likeness (QED) is 0.829. The van der Waals surface area contributed by atoms with Crippen LogP contribution in [-0.4, -0.2) is 35.8 Å². The number of anilines is 1. The van der Waals surface area contributed by atoms with E-state index in [1.54, 1.807) is 12.4 Å². The zero-order chi connectivity index (χ0) is 12.1. The van der Waals surface area contributed by atoms with E-state index in [0.29, 0.717) is 11.2 Å². The summed E-state index contributed by atoms with van der Waals surface area (Å²) in [4.78, 5) is 10.7. The summed E-state index contributed by atoms with van der Waals surface area (Å²) >= 11 is 6.10. The normalized spacial score (nSPS) is 20.6. The zero-order valence-electron chi connectivity index (χ0n) is 10.1. The average Bonchev–Trinajstić information content (AvgIpc) is 2.37. The van der Waals surface area contributed by atoms with Crippen LogP contribution in [-0.2, 0) is 4.74 Å². The number of ether oxygens (including phenoxy) is 1. The Labute approximate surface area is 107 Å². The molecule has 0 aromatic carbocycles. The average molecular weight is 256 g/mol. The molecule has 0 radical (unpaired) electrons. The van der Waals surface area contributed by atoms with Gasteiger partial charge in [0.25, 0.3) is 0 Å². The number of hydrogen-bond acceptors (Lipinski definition) is 4. The molecule has 0 aliphatic carbocycles. The van der Waals surface area contributed by atoms with Gasteiger partial charge in [0.1, 0.15) is 0 Å². The van der Waals surface area contributed by atoms with Gasteiger partial charge in [-0.1, -0.05) is 11.6 Å². The van der Waals surface area contributed by atoms with Crippen LogP contribution in [0, 0.1) is 0 Å². The Morgan fingerprint density at radius 3 is 3.00 bits per heavy atom. The molecule has 2 rings (SSSR count). The minimum Gasteiger partial charge on any atom is -0.380 e. The Hall–Kier alpha value is -0.870. The standard InChI is InChI=1S/C12H18ClN3O/c1-2-17-9-10-5-3-4-8-16(10)12-11(13)14-6-7-15-12/h6-7,10H,2-5,8-9H2,1H3/t10-/m0/s1. The van der Waals surface area contributed by atoms with Gasteiger partial charge in [-0.2, -0.15) is 0 Å². The van der Waals surface area contributed by atoms with E-state index in [2.05, 4.69) is 14.9 Å². The topological polar surface area (TPSA) is 38.2 Å². The second kappa shape index (κ2) is 6.17. The summed E-state index contributed by atoms with van der Waals surface area (Å²) < 4.78 is 5.53. The van der Waals surface area contributed by atoms with Gasteiger partial charge in [0, 0.05) is 25.5 Å². The van der Waals surface area contributed by atoms with Crippen LogP contribution in [0.3, 0.4) is 0 Å². The molecule has 1 aromatic rings. The second-order valence-electron chi connectivity index (χ2n) is 4.17. The molecule has 0 spiro atoms. The summed E-state index contributed by atoms with van der Waals surface area (Å²) in [7, 11) is 0. The minimum atomic E-state index is 0.373. The first-order chi connectivity index (χ1) is 8.33. The number of rotatable bonds is 4. The van der Waals surface area contributed by atoms with E-state index in [0.717, 1.165) is 32.0 Å². The van der Waals surface area contributed by atoms with Crippen molar-refractivity contribution in [2.24, 2.45) is 0 Å². The summed E-state index contributed by atoms with van der Waals surface area (Å²) in [6.45, 7) is 4.49. The Morgan fingerprint density at radius 2 is 2.24 bits per heavy atom. The summed E-state index contributed by atoms with van der Waals surface area (Å²) in [5.74, 6) is 0.790. The Balaban J connectivity index is 2.13. The molecule has 5 heteroatoms. The lowest BCUT2D eigenvalue weighted by atomic mass is 10.0. The van der Waals surface area contributed by atoms with Crippen LogP contribution in [0.15, 0.2) is 12.4 Å². The molecule has 17 heavy (non-hydrogen) atoms. The first-order valence-corrected chi connectivity index (χ1v) is 6.51. The van der Waals surface area contributed by atoms with Crippen molar-refractivity contribution in [2.75, 3.05) is 24.7 Å². The monoisotopic (exact) mass is 255 g/mol. The molecule has 4 nitrogen and oxygen atoms in total. The van der Waals surface area contributed by atoms with Gasteiger partial charge < -0.3 is 9.64 Å². The van der Waals surface area contributed by atoms with E-state index in [-0.39, 0.29) is 0 Å². The van der Waals surface area contributed by atoms with Gasteiger partial charge in [-0.15, -0.1) is 0 Å². The molecule has 0 unspecified atom stereocenters. The lowest BCUT2D eigenvalue weighted by Crippen LogP contribution is -2.43. The highest BCUT2D eigenvalue weighted by molar-refractivity contribution is 6.31. The van der Waals surface area contributed by atoms with E-state index in [9.17, 15) is 0 Å². The van der Waals surface area contributed by atoms with Crippen LogP contribution in [0.4, 0.5) is 5.82 Å². The van der Waals surface area contributed by atoms with Gasteiger partial charge in [0.05, 0.1) is 12.6 Å². The SMILES string of the molecule is CCOC[C@@H]1CCCCN1c1nccnc1Cl. The molecular weight excluding hydrogens is 238 g/mol. The fourth-order valence-corrected chi connectivity index (χ4v) is 2.43. The zero-order valence-corrected chi connectivity index (χ0v) is 10.9. The third-order valence-electron chi connectivity index (χ3n) is 3.05. The van der Waals surface area contributed by atoms with Crippen LogP contribution in [0.25, 0.3) is 0 Å². The minimum absolute atomic E-state index is 0.373. The van der Waals surface area contributed by atoms with Crippen LogP contribution in [0.1, 0.15) is 26.2 Å². The molecule has 0 N–H and O–H groups in total. The second-order valence-corrected chi connectivity index (χ2v) is 4.53. The van der Waals surface area contributed by atoms with Gasteiger partial charge in [-0.05, 0) is 26.2 Å². The summed E-state index contributed by atoms with van der Waals surface area (Å²) in [5.41, 5.74) is 0. The van der Waals surface area contributed by atoms with Gasteiger partial charge in [-0.25, -0.2) is 9.97 Å². The smallest absolute Gasteiger partial charge is 0.171 e. The van der Waals surface area contributed by atoms with Crippen LogP contribution in [0.5, 0.6) is 0 Å². The molecule has 1 aliphatic rings. The number of nitrogens with zero attached hydrogens (tertiary/aromatic N) is 3. The predicted octanol–water partition coefficient (Wildman–Crippen LogP) is 2.53. The van der Waals surface area contributed by atoms with Crippen molar-refractivity contribution >= 4 is 17.4 Å². The number of halogens is 1. The molecule has 1 atom stereocenters. The predicted molar refractivity (Wildman–Crippen MR) is 68.5 cm³/mol. The van der Waals surface area contributed by atoms with Crippen molar-refractivity contribution in [2.45, 2.75) is 32.2 Å². The molecule has 1 fully saturated rings. The fourth-order valence-electron chi connectivity index (χ4n) is 2.21. The molecule has 0 bridgehead atoms. The van der Waals surface area contributed by atoms with E-state index < -0.39 is 0 Å². The van der Waals surface area contributed by atoms with E-state index in [1.807, 2.05) is 6.92 Å². The van der Waals surface area contributed by atoms with Crippen LogP contribution in [0.2, 0.25) is 5.15 Å². The van der Waals surface area contributed by atoms with Gasteiger partial charge in [0.2, 0.25) is 0 Å². The van der Waals surface area contributed by atoms with Crippen molar-refractivity contribution in [1.29, 1.82) is 0 Å². The van der Waals surface area contributed by atoms with Crippen molar-refractivity contribution in [3.05, 3.63) is 17.5 Å².